The minimum absolute atomic E-state index is 0.0221. The minimum Gasteiger partial charge on any atom is -0.497 e. The van der Waals surface area contributed by atoms with Gasteiger partial charge in [-0.3, -0.25) is 9.59 Å². The van der Waals surface area contributed by atoms with Gasteiger partial charge in [-0.25, -0.2) is 9.97 Å². The van der Waals surface area contributed by atoms with Crippen LogP contribution < -0.4 is 19.5 Å². The second kappa shape index (κ2) is 13.1. The lowest BCUT2D eigenvalue weighted by atomic mass is 10.0. The Balaban J connectivity index is 1.50. The number of methoxy groups -OCH3 is 1. The topological polar surface area (TPSA) is 103 Å². The second-order valence-corrected chi connectivity index (χ2v) is 11.0. The lowest BCUT2D eigenvalue weighted by Crippen LogP contribution is -2.41. The predicted molar refractivity (Wildman–Crippen MR) is 161 cm³/mol. The Morgan fingerprint density at radius 3 is 2.48 bits per heavy atom. The maximum Gasteiger partial charge on any atom is 0.251 e. The van der Waals surface area contributed by atoms with Gasteiger partial charge in [0.05, 0.1) is 12.9 Å². The molecule has 1 N–H and O–H groups in total. The fourth-order valence-electron chi connectivity index (χ4n) is 4.55. The van der Waals surface area contributed by atoms with Crippen LogP contribution in [0.3, 0.4) is 0 Å². The second-order valence-electron chi connectivity index (χ2n) is 9.61. The summed E-state index contributed by atoms with van der Waals surface area (Å²) in [5.74, 6) is 1.04. The Bertz CT molecular complexity index is 1580. The monoisotopic (exact) mass is 604 g/mol. The van der Waals surface area contributed by atoms with Crippen LogP contribution in [0.25, 0.3) is 0 Å². The highest BCUT2D eigenvalue weighted by Crippen LogP contribution is 2.35. The van der Waals surface area contributed by atoms with Crippen LogP contribution >= 0.6 is 23.4 Å². The number of hydrogen-bond donors (Lipinski definition) is 1. The van der Waals surface area contributed by atoms with Crippen molar-refractivity contribution in [3.05, 3.63) is 100 Å². The van der Waals surface area contributed by atoms with Crippen LogP contribution in [0.1, 0.15) is 28.6 Å². The number of nitrogens with zero attached hydrogens (tertiary/aromatic N) is 3. The van der Waals surface area contributed by atoms with Crippen LogP contribution in [-0.2, 0) is 16.1 Å². The average Bonchev–Trinajstić information content (AvgIpc) is 3.44. The smallest absolute Gasteiger partial charge is 0.251 e. The molecule has 4 aromatic rings. The van der Waals surface area contributed by atoms with E-state index < -0.39 is 11.9 Å². The summed E-state index contributed by atoms with van der Waals surface area (Å²) in [6, 6.07) is 20.3. The number of rotatable bonds is 10. The van der Waals surface area contributed by atoms with E-state index in [-0.39, 0.29) is 25.0 Å². The van der Waals surface area contributed by atoms with E-state index in [1.165, 1.54) is 11.8 Å². The summed E-state index contributed by atoms with van der Waals surface area (Å²) in [6.45, 7) is 4.03. The van der Waals surface area contributed by atoms with E-state index in [0.717, 1.165) is 17.0 Å². The highest BCUT2D eigenvalue weighted by molar-refractivity contribution is 7.99. The SMILES string of the molecule is COc1cccc(C(C(=O)Nc2ccc3c(c2)OCO3)N(Cc2ccc(Cl)cc2)C(=O)CSc2nc(C)cc(C)n2)c1. The molecule has 1 aromatic heterocycles. The van der Waals surface area contributed by atoms with Crippen molar-refractivity contribution in [1.82, 2.24) is 14.9 Å². The molecule has 1 unspecified atom stereocenters. The largest absolute Gasteiger partial charge is 0.497 e. The first-order valence-electron chi connectivity index (χ1n) is 13.1. The summed E-state index contributed by atoms with van der Waals surface area (Å²) in [5, 5.41) is 4.03. The van der Waals surface area contributed by atoms with Crippen molar-refractivity contribution in [2.24, 2.45) is 0 Å². The first kappa shape index (κ1) is 29.2. The summed E-state index contributed by atoms with van der Waals surface area (Å²) < 4.78 is 16.3. The molecule has 0 saturated carbocycles. The van der Waals surface area contributed by atoms with E-state index in [0.29, 0.717) is 38.7 Å². The van der Waals surface area contributed by atoms with Gasteiger partial charge in [-0.1, -0.05) is 47.6 Å². The van der Waals surface area contributed by atoms with Crippen LogP contribution in [0.15, 0.2) is 78.0 Å². The molecule has 42 heavy (non-hydrogen) atoms. The summed E-state index contributed by atoms with van der Waals surface area (Å²) >= 11 is 7.36. The molecule has 1 atom stereocenters. The number of benzene rings is 3. The highest BCUT2D eigenvalue weighted by Gasteiger charge is 2.32. The number of carbonyl (C=O) groups excluding carboxylic acids is 2. The van der Waals surface area contributed by atoms with Crippen LogP contribution in [0.4, 0.5) is 5.69 Å². The first-order chi connectivity index (χ1) is 20.3. The van der Waals surface area contributed by atoms with Crippen LogP contribution in [-0.4, -0.2) is 46.3 Å². The minimum atomic E-state index is -1.01. The third-order valence-corrected chi connectivity index (χ3v) is 7.57. The van der Waals surface area contributed by atoms with E-state index >= 15 is 0 Å². The number of hydrogen-bond acceptors (Lipinski definition) is 8. The third-order valence-electron chi connectivity index (χ3n) is 6.48. The predicted octanol–water partition coefficient (Wildman–Crippen LogP) is 5.99. The van der Waals surface area contributed by atoms with Gasteiger partial charge < -0.3 is 24.4 Å². The number of ether oxygens (including phenoxy) is 3. The molecule has 0 spiro atoms. The van der Waals surface area contributed by atoms with E-state index in [4.69, 9.17) is 25.8 Å². The van der Waals surface area contributed by atoms with Crippen molar-refractivity contribution in [3.8, 4) is 17.2 Å². The van der Waals surface area contributed by atoms with E-state index in [1.54, 1.807) is 66.6 Å². The number of anilines is 1. The van der Waals surface area contributed by atoms with Crippen molar-refractivity contribution < 1.29 is 23.8 Å². The number of halogens is 1. The van der Waals surface area contributed by atoms with Gasteiger partial charge in [0, 0.05) is 34.7 Å². The fraction of sp³-hybridized carbons (Fsp3) is 0.226. The summed E-state index contributed by atoms with van der Waals surface area (Å²) in [4.78, 5) is 38.6. The maximum atomic E-state index is 14.1. The molecule has 2 heterocycles. The molecule has 1 aliphatic heterocycles. The van der Waals surface area contributed by atoms with Crippen LogP contribution in [0.5, 0.6) is 17.2 Å². The van der Waals surface area contributed by atoms with Gasteiger partial charge in [-0.05, 0) is 67.4 Å². The Kier molecular flexibility index (Phi) is 9.14. The number of amides is 2. The molecule has 0 radical (unpaired) electrons. The fourth-order valence-corrected chi connectivity index (χ4v) is 5.51. The van der Waals surface area contributed by atoms with Crippen LogP contribution in [0, 0.1) is 13.8 Å². The Labute approximate surface area is 253 Å². The van der Waals surface area contributed by atoms with Crippen molar-refractivity contribution in [2.75, 3.05) is 25.0 Å². The van der Waals surface area contributed by atoms with E-state index in [9.17, 15) is 9.59 Å². The number of carbonyl (C=O) groups is 2. The Morgan fingerprint density at radius 2 is 1.74 bits per heavy atom. The average molecular weight is 605 g/mol. The van der Waals surface area contributed by atoms with Gasteiger partial charge in [-0.2, -0.15) is 0 Å². The molecular weight excluding hydrogens is 576 g/mol. The van der Waals surface area contributed by atoms with Gasteiger partial charge in [0.15, 0.2) is 16.7 Å². The molecule has 9 nitrogen and oxygen atoms in total. The lowest BCUT2D eigenvalue weighted by molar-refractivity contribution is -0.137. The quantitative estimate of drug-likeness (QED) is 0.174. The standard InChI is InChI=1S/C31H29ClN4O5S/c1-19-13-20(2)34-31(33-19)42-17-28(37)36(16-21-7-9-23(32)10-8-21)29(22-5-4-6-25(14-22)39-3)30(38)35-24-11-12-26-27(15-24)41-18-40-26/h4-15,29H,16-18H2,1-3H3,(H,35,38). The van der Waals surface area contributed by atoms with Crippen molar-refractivity contribution in [1.29, 1.82) is 0 Å². The first-order valence-corrected chi connectivity index (χ1v) is 14.5. The van der Waals surface area contributed by atoms with E-state index in [1.807, 2.05) is 32.0 Å². The van der Waals surface area contributed by atoms with Crippen LogP contribution in [0.2, 0.25) is 5.02 Å². The third kappa shape index (κ3) is 7.13. The molecule has 0 aliphatic carbocycles. The molecular formula is C31H29ClN4O5S. The lowest BCUT2D eigenvalue weighted by Gasteiger charge is -2.32. The molecule has 11 heteroatoms. The summed E-state index contributed by atoms with van der Waals surface area (Å²) in [7, 11) is 1.55. The Morgan fingerprint density at radius 1 is 1.00 bits per heavy atom. The number of aromatic nitrogens is 2. The summed E-state index contributed by atoms with van der Waals surface area (Å²) in [6.07, 6.45) is 0. The molecule has 1 aliphatic rings. The molecule has 3 aromatic carbocycles. The van der Waals surface area contributed by atoms with Gasteiger partial charge in [0.2, 0.25) is 12.7 Å². The molecule has 216 valence electrons. The van der Waals surface area contributed by atoms with Crippen molar-refractivity contribution in [2.45, 2.75) is 31.6 Å². The van der Waals surface area contributed by atoms with Gasteiger partial charge in [0.1, 0.15) is 11.8 Å². The summed E-state index contributed by atoms with van der Waals surface area (Å²) in [5.41, 5.74) is 3.53. The number of fused-ring (bicyclic) bond motifs is 1. The zero-order valence-corrected chi connectivity index (χ0v) is 24.9. The van der Waals surface area contributed by atoms with Gasteiger partial charge in [-0.15, -0.1) is 0 Å². The zero-order chi connectivity index (χ0) is 29.6. The number of aryl methyl sites for hydroxylation is 2. The Hall–Kier alpha value is -4.28. The normalized spacial score (nSPS) is 12.5. The molecule has 0 saturated heterocycles. The number of thioether (sulfide) groups is 1. The molecule has 0 bridgehead atoms. The van der Waals surface area contributed by atoms with Gasteiger partial charge >= 0.3 is 0 Å². The highest BCUT2D eigenvalue weighted by atomic mass is 35.5. The molecule has 2 amide bonds. The molecule has 0 fully saturated rings. The number of nitrogens with one attached hydrogen (secondary N) is 1. The van der Waals surface area contributed by atoms with Crippen molar-refractivity contribution in [3.63, 3.8) is 0 Å². The van der Waals surface area contributed by atoms with Gasteiger partial charge in [0.25, 0.3) is 5.91 Å². The zero-order valence-electron chi connectivity index (χ0n) is 23.3. The molecule has 5 rings (SSSR count). The van der Waals surface area contributed by atoms with Crippen molar-refractivity contribution >= 4 is 40.9 Å². The maximum absolute atomic E-state index is 14.1. The van der Waals surface area contributed by atoms with E-state index in [2.05, 4.69) is 15.3 Å².